The zero-order valence-corrected chi connectivity index (χ0v) is 17.8. The van der Waals surface area contributed by atoms with Gasteiger partial charge in [0.1, 0.15) is 6.04 Å². The molecular weight excluding hydrogens is 398 g/mol. The summed E-state index contributed by atoms with van der Waals surface area (Å²) in [4.78, 5) is 25.5. The van der Waals surface area contributed by atoms with Gasteiger partial charge in [0.25, 0.3) is 0 Å². The monoisotopic (exact) mass is 425 g/mol. The lowest BCUT2D eigenvalue weighted by Gasteiger charge is -2.21. The van der Waals surface area contributed by atoms with Crippen LogP contribution >= 0.6 is 11.3 Å². The molecule has 0 saturated heterocycles. The van der Waals surface area contributed by atoms with E-state index in [1.54, 1.807) is 18.4 Å². The molecular formula is C23H27N3O3S. The average Bonchev–Trinajstić information content (AvgIpc) is 3.17. The van der Waals surface area contributed by atoms with Crippen molar-refractivity contribution in [3.05, 3.63) is 71.1 Å². The summed E-state index contributed by atoms with van der Waals surface area (Å²) in [6, 6.07) is 16.2. The lowest BCUT2D eigenvalue weighted by molar-refractivity contribution is -0.129. The second-order valence-corrected chi connectivity index (χ2v) is 8.01. The summed E-state index contributed by atoms with van der Waals surface area (Å²) in [5, 5.41) is 8.79. The molecule has 30 heavy (non-hydrogen) atoms. The van der Waals surface area contributed by atoms with E-state index in [9.17, 15) is 9.59 Å². The van der Waals surface area contributed by atoms with Crippen LogP contribution < -0.4 is 16.4 Å². The van der Waals surface area contributed by atoms with Crippen LogP contribution in [0.4, 0.5) is 0 Å². The molecule has 0 radical (unpaired) electrons. The van der Waals surface area contributed by atoms with Crippen LogP contribution in [-0.4, -0.2) is 44.2 Å². The molecule has 2 unspecified atom stereocenters. The van der Waals surface area contributed by atoms with Gasteiger partial charge in [0, 0.05) is 24.8 Å². The van der Waals surface area contributed by atoms with Gasteiger partial charge in [-0.15, -0.1) is 11.3 Å². The number of nitrogens with two attached hydrogens (primary N) is 1. The van der Waals surface area contributed by atoms with Gasteiger partial charge in [-0.3, -0.25) is 9.59 Å². The van der Waals surface area contributed by atoms with E-state index in [1.165, 1.54) is 4.70 Å². The van der Waals surface area contributed by atoms with Crippen molar-refractivity contribution in [2.75, 3.05) is 20.3 Å². The van der Waals surface area contributed by atoms with E-state index in [2.05, 4.69) is 16.7 Å². The van der Waals surface area contributed by atoms with Gasteiger partial charge in [0.2, 0.25) is 11.8 Å². The molecule has 0 spiro atoms. The van der Waals surface area contributed by atoms with Crippen molar-refractivity contribution >= 4 is 33.2 Å². The highest BCUT2D eigenvalue weighted by atomic mass is 32.1. The summed E-state index contributed by atoms with van der Waals surface area (Å²) in [6.07, 6.45) is 0.804. The van der Waals surface area contributed by atoms with E-state index < -0.39 is 12.1 Å². The third-order valence-corrected chi connectivity index (χ3v) is 5.87. The first-order valence-electron chi connectivity index (χ1n) is 9.90. The quantitative estimate of drug-likeness (QED) is 0.435. The maximum atomic E-state index is 12.8. The van der Waals surface area contributed by atoms with Crippen molar-refractivity contribution in [1.29, 1.82) is 0 Å². The highest BCUT2D eigenvalue weighted by Crippen LogP contribution is 2.26. The summed E-state index contributed by atoms with van der Waals surface area (Å²) >= 11 is 1.64. The van der Waals surface area contributed by atoms with Crippen molar-refractivity contribution in [3.8, 4) is 0 Å². The van der Waals surface area contributed by atoms with Gasteiger partial charge in [-0.1, -0.05) is 48.5 Å². The van der Waals surface area contributed by atoms with Crippen LogP contribution in [0.1, 0.15) is 11.1 Å². The zero-order chi connectivity index (χ0) is 21.3. The van der Waals surface area contributed by atoms with E-state index >= 15 is 0 Å². The Morgan fingerprint density at radius 3 is 2.53 bits per heavy atom. The molecule has 0 fully saturated rings. The van der Waals surface area contributed by atoms with Crippen LogP contribution in [-0.2, 0) is 27.2 Å². The maximum absolute atomic E-state index is 12.8. The largest absolute Gasteiger partial charge is 0.383 e. The fourth-order valence-electron chi connectivity index (χ4n) is 3.26. The Hall–Kier alpha value is -2.74. The number of carbonyl (C=O) groups excluding carboxylic acids is 2. The van der Waals surface area contributed by atoms with Crippen molar-refractivity contribution in [2.24, 2.45) is 5.73 Å². The lowest BCUT2D eigenvalue weighted by Crippen LogP contribution is -2.53. The number of hydrogen-bond donors (Lipinski definition) is 3. The molecule has 1 heterocycles. The summed E-state index contributed by atoms with van der Waals surface area (Å²) in [5.74, 6) is -0.592. The molecule has 0 saturated carbocycles. The minimum atomic E-state index is -0.743. The molecule has 4 N–H and O–H groups in total. The molecule has 6 nitrogen and oxygen atoms in total. The third kappa shape index (κ3) is 5.89. The van der Waals surface area contributed by atoms with E-state index in [4.69, 9.17) is 10.5 Å². The summed E-state index contributed by atoms with van der Waals surface area (Å²) < 4.78 is 6.15. The molecule has 0 aliphatic carbocycles. The normalized spacial score (nSPS) is 13.0. The fraction of sp³-hybridized carbons (Fsp3) is 0.304. The predicted molar refractivity (Wildman–Crippen MR) is 120 cm³/mol. The molecule has 158 valence electrons. The third-order valence-electron chi connectivity index (χ3n) is 4.86. The van der Waals surface area contributed by atoms with Crippen molar-refractivity contribution in [2.45, 2.75) is 24.9 Å². The number of fused-ring (bicyclic) bond motifs is 1. The van der Waals surface area contributed by atoms with Crippen LogP contribution in [0, 0.1) is 0 Å². The Morgan fingerprint density at radius 1 is 1.03 bits per heavy atom. The average molecular weight is 426 g/mol. The Bertz CT molecular complexity index is 974. The fourth-order valence-corrected chi connectivity index (χ4v) is 4.23. The highest BCUT2D eigenvalue weighted by molar-refractivity contribution is 7.17. The molecule has 3 rings (SSSR count). The second kappa shape index (κ2) is 10.9. The number of ether oxygens (including phenoxy) is 1. The minimum absolute atomic E-state index is 0.252. The van der Waals surface area contributed by atoms with Crippen LogP contribution in [0.15, 0.2) is 60.0 Å². The molecule has 2 atom stereocenters. The number of nitrogens with one attached hydrogen (secondary N) is 2. The molecule has 1 aromatic heterocycles. The molecule has 7 heteroatoms. The van der Waals surface area contributed by atoms with Gasteiger partial charge in [-0.2, -0.15) is 0 Å². The molecule has 2 amide bonds. The number of hydrogen-bond acceptors (Lipinski definition) is 5. The predicted octanol–water partition coefficient (Wildman–Crippen LogP) is 2.26. The Kier molecular flexibility index (Phi) is 7.96. The smallest absolute Gasteiger partial charge is 0.243 e. The van der Waals surface area contributed by atoms with Gasteiger partial charge in [-0.25, -0.2) is 0 Å². The molecule has 0 bridgehead atoms. The van der Waals surface area contributed by atoms with Gasteiger partial charge < -0.3 is 21.1 Å². The topological polar surface area (TPSA) is 93.5 Å². The first-order valence-corrected chi connectivity index (χ1v) is 10.8. The number of amides is 2. The van der Waals surface area contributed by atoms with Gasteiger partial charge in [0.15, 0.2) is 0 Å². The van der Waals surface area contributed by atoms with E-state index in [-0.39, 0.29) is 11.8 Å². The first-order chi connectivity index (χ1) is 14.6. The number of rotatable bonds is 10. The number of benzene rings is 2. The van der Waals surface area contributed by atoms with Crippen molar-refractivity contribution < 1.29 is 14.3 Å². The second-order valence-electron chi connectivity index (χ2n) is 7.10. The molecule has 0 aliphatic heterocycles. The lowest BCUT2D eigenvalue weighted by atomic mass is 10.0. The number of methoxy groups -OCH3 is 1. The number of thiophene rings is 1. The first kappa shape index (κ1) is 22.0. The van der Waals surface area contributed by atoms with E-state index in [0.29, 0.717) is 26.0 Å². The highest BCUT2D eigenvalue weighted by Gasteiger charge is 2.24. The standard InChI is InChI=1S/C23H27N3O3S/c1-29-12-11-25-23(28)20(13-16-7-3-2-4-8-16)26-22(27)19(24)14-17-15-30-21-10-6-5-9-18(17)21/h2-10,15,19-20H,11-14,24H2,1H3,(H,25,28)(H,26,27). The number of carbonyl (C=O) groups is 2. The van der Waals surface area contributed by atoms with Crippen LogP contribution in [0.5, 0.6) is 0 Å². The Balaban J connectivity index is 1.66. The van der Waals surface area contributed by atoms with Crippen LogP contribution in [0.2, 0.25) is 0 Å². The Labute approximate surface area is 180 Å². The summed E-state index contributed by atoms with van der Waals surface area (Å²) in [6.45, 7) is 0.784. The van der Waals surface area contributed by atoms with E-state index in [0.717, 1.165) is 16.5 Å². The SMILES string of the molecule is COCCNC(=O)C(Cc1ccccc1)NC(=O)C(N)Cc1csc2ccccc12. The summed E-state index contributed by atoms with van der Waals surface area (Å²) in [7, 11) is 1.57. The van der Waals surface area contributed by atoms with Gasteiger partial charge in [0.05, 0.1) is 12.6 Å². The molecule has 3 aromatic rings. The van der Waals surface area contributed by atoms with Gasteiger partial charge >= 0.3 is 0 Å². The van der Waals surface area contributed by atoms with E-state index in [1.807, 2.05) is 53.9 Å². The van der Waals surface area contributed by atoms with Crippen LogP contribution in [0.25, 0.3) is 10.1 Å². The maximum Gasteiger partial charge on any atom is 0.243 e. The minimum Gasteiger partial charge on any atom is -0.383 e. The molecule has 0 aliphatic rings. The van der Waals surface area contributed by atoms with Crippen LogP contribution in [0.3, 0.4) is 0 Å². The molecule has 2 aromatic carbocycles. The zero-order valence-electron chi connectivity index (χ0n) is 17.0. The summed E-state index contributed by atoms with van der Waals surface area (Å²) in [5.41, 5.74) is 8.21. The van der Waals surface area contributed by atoms with Crippen molar-refractivity contribution in [1.82, 2.24) is 10.6 Å². The van der Waals surface area contributed by atoms with Crippen molar-refractivity contribution in [3.63, 3.8) is 0 Å². The van der Waals surface area contributed by atoms with Gasteiger partial charge in [-0.05, 0) is 34.4 Å². The Morgan fingerprint density at radius 2 is 1.77 bits per heavy atom.